The number of nitrogens with zero attached hydrogens (tertiary/aromatic N) is 1. The number of benzene rings is 1. The average molecular weight is 234 g/mol. The van der Waals surface area contributed by atoms with Gasteiger partial charge in [-0.3, -0.25) is 0 Å². The molecule has 0 aliphatic rings. The molecule has 0 fully saturated rings. The van der Waals surface area contributed by atoms with Crippen molar-refractivity contribution in [3.8, 4) is 22.8 Å². The molecule has 0 radical (unpaired) electrons. The van der Waals surface area contributed by atoms with E-state index in [2.05, 4.69) is 5.16 Å². The van der Waals surface area contributed by atoms with Crippen molar-refractivity contribution in [2.24, 2.45) is 0 Å². The van der Waals surface area contributed by atoms with Crippen LogP contribution in [0, 0.1) is 6.92 Å². The molecule has 5 nitrogen and oxygen atoms in total. The summed E-state index contributed by atoms with van der Waals surface area (Å²) in [7, 11) is 3.19. The predicted octanol–water partition coefficient (Wildman–Crippen LogP) is 2.25. The second-order valence-corrected chi connectivity index (χ2v) is 3.59. The number of nitrogen functional groups attached to an aromatic ring is 1. The number of aromatic nitrogens is 1. The van der Waals surface area contributed by atoms with Gasteiger partial charge in [-0.15, -0.1) is 0 Å². The Labute approximate surface area is 99.1 Å². The second kappa shape index (κ2) is 4.37. The normalized spacial score (nSPS) is 10.3. The van der Waals surface area contributed by atoms with E-state index < -0.39 is 0 Å². The zero-order valence-electron chi connectivity index (χ0n) is 9.98. The molecule has 0 bridgehead atoms. The maximum absolute atomic E-state index is 5.66. The average Bonchev–Trinajstić information content (AvgIpc) is 2.69. The molecule has 1 heterocycles. The molecule has 17 heavy (non-hydrogen) atoms. The van der Waals surface area contributed by atoms with Gasteiger partial charge in [0, 0.05) is 11.6 Å². The lowest BCUT2D eigenvalue weighted by molar-refractivity contribution is 0.391. The predicted molar refractivity (Wildman–Crippen MR) is 64.2 cm³/mol. The first-order valence-electron chi connectivity index (χ1n) is 5.11. The zero-order valence-corrected chi connectivity index (χ0v) is 9.98. The van der Waals surface area contributed by atoms with Crippen molar-refractivity contribution >= 4 is 5.82 Å². The maximum Gasteiger partial charge on any atom is 0.175 e. The SMILES string of the molecule is COc1ccc(-c2onc(N)c2C)c(OC)c1. The summed E-state index contributed by atoms with van der Waals surface area (Å²) >= 11 is 0. The van der Waals surface area contributed by atoms with Gasteiger partial charge in [0.15, 0.2) is 11.6 Å². The Hall–Kier alpha value is -2.17. The summed E-state index contributed by atoms with van der Waals surface area (Å²) in [6.07, 6.45) is 0. The molecule has 2 aromatic rings. The number of hydrogen-bond donors (Lipinski definition) is 1. The monoisotopic (exact) mass is 234 g/mol. The second-order valence-electron chi connectivity index (χ2n) is 3.59. The number of ether oxygens (including phenoxy) is 2. The summed E-state index contributed by atoms with van der Waals surface area (Å²) in [5.41, 5.74) is 7.26. The highest BCUT2D eigenvalue weighted by atomic mass is 16.5. The van der Waals surface area contributed by atoms with Gasteiger partial charge in [0.2, 0.25) is 0 Å². The Kier molecular flexibility index (Phi) is 2.91. The lowest BCUT2D eigenvalue weighted by atomic mass is 10.1. The van der Waals surface area contributed by atoms with Gasteiger partial charge in [0.25, 0.3) is 0 Å². The lowest BCUT2D eigenvalue weighted by Crippen LogP contribution is -1.91. The van der Waals surface area contributed by atoms with Gasteiger partial charge in [-0.25, -0.2) is 0 Å². The molecule has 5 heteroatoms. The van der Waals surface area contributed by atoms with Crippen LogP contribution in [0.3, 0.4) is 0 Å². The Balaban J connectivity index is 2.55. The van der Waals surface area contributed by atoms with Crippen molar-refractivity contribution < 1.29 is 14.0 Å². The quantitative estimate of drug-likeness (QED) is 0.881. The number of methoxy groups -OCH3 is 2. The van der Waals surface area contributed by atoms with Gasteiger partial charge < -0.3 is 19.7 Å². The van der Waals surface area contributed by atoms with Gasteiger partial charge in [-0.1, -0.05) is 5.16 Å². The minimum atomic E-state index is 0.387. The zero-order chi connectivity index (χ0) is 12.4. The van der Waals surface area contributed by atoms with Crippen LogP contribution in [-0.2, 0) is 0 Å². The molecule has 90 valence electrons. The molecule has 0 spiro atoms. The van der Waals surface area contributed by atoms with Gasteiger partial charge in [0.05, 0.1) is 19.8 Å². The van der Waals surface area contributed by atoms with Crippen LogP contribution in [-0.4, -0.2) is 19.4 Å². The van der Waals surface area contributed by atoms with Gasteiger partial charge in [-0.05, 0) is 19.1 Å². The number of rotatable bonds is 3. The molecular formula is C12H14N2O3. The van der Waals surface area contributed by atoms with Gasteiger partial charge >= 0.3 is 0 Å². The van der Waals surface area contributed by atoms with E-state index >= 15 is 0 Å². The van der Waals surface area contributed by atoms with Crippen LogP contribution in [0.1, 0.15) is 5.56 Å². The molecule has 0 saturated heterocycles. The fourth-order valence-corrected chi connectivity index (χ4v) is 1.59. The topological polar surface area (TPSA) is 70.5 Å². The Bertz CT molecular complexity index is 535. The summed E-state index contributed by atoms with van der Waals surface area (Å²) in [6, 6.07) is 5.47. The molecule has 0 aliphatic carbocycles. The van der Waals surface area contributed by atoms with Crippen LogP contribution in [0.2, 0.25) is 0 Å². The Morgan fingerprint density at radius 1 is 1.24 bits per heavy atom. The van der Waals surface area contributed by atoms with Crippen molar-refractivity contribution in [3.05, 3.63) is 23.8 Å². The highest BCUT2D eigenvalue weighted by Crippen LogP contribution is 2.36. The summed E-state index contributed by atoms with van der Waals surface area (Å²) < 4.78 is 15.6. The summed E-state index contributed by atoms with van der Waals surface area (Å²) in [4.78, 5) is 0. The van der Waals surface area contributed by atoms with Gasteiger partial charge in [-0.2, -0.15) is 0 Å². The first kappa shape index (κ1) is 11.3. The first-order valence-corrected chi connectivity index (χ1v) is 5.11. The molecular weight excluding hydrogens is 220 g/mol. The standard InChI is InChI=1S/C12H14N2O3/c1-7-11(17-14-12(7)13)9-5-4-8(15-2)6-10(9)16-3/h4-6H,1-3H3,(H2,13,14). The molecule has 0 saturated carbocycles. The molecule has 2 rings (SSSR count). The van der Waals surface area contributed by atoms with Crippen molar-refractivity contribution in [2.45, 2.75) is 6.92 Å². The third-order valence-electron chi connectivity index (χ3n) is 2.61. The van der Waals surface area contributed by atoms with Crippen LogP contribution >= 0.6 is 0 Å². The van der Waals surface area contributed by atoms with Crippen LogP contribution in [0.25, 0.3) is 11.3 Å². The minimum absolute atomic E-state index is 0.387. The lowest BCUT2D eigenvalue weighted by Gasteiger charge is -2.08. The molecule has 0 amide bonds. The smallest absolute Gasteiger partial charge is 0.175 e. The Morgan fingerprint density at radius 3 is 2.53 bits per heavy atom. The highest BCUT2D eigenvalue weighted by molar-refractivity contribution is 5.72. The van der Waals surface area contributed by atoms with E-state index in [1.54, 1.807) is 20.3 Å². The number of anilines is 1. The largest absolute Gasteiger partial charge is 0.497 e. The van der Waals surface area contributed by atoms with E-state index in [-0.39, 0.29) is 0 Å². The molecule has 1 aromatic carbocycles. The Morgan fingerprint density at radius 2 is 2.00 bits per heavy atom. The van der Waals surface area contributed by atoms with E-state index in [0.717, 1.165) is 16.9 Å². The fourth-order valence-electron chi connectivity index (χ4n) is 1.59. The van der Waals surface area contributed by atoms with E-state index in [4.69, 9.17) is 19.7 Å². The van der Waals surface area contributed by atoms with E-state index in [1.165, 1.54) is 0 Å². The number of hydrogen-bond acceptors (Lipinski definition) is 5. The van der Waals surface area contributed by atoms with E-state index in [0.29, 0.717) is 17.3 Å². The summed E-state index contributed by atoms with van der Waals surface area (Å²) in [5.74, 6) is 2.37. The summed E-state index contributed by atoms with van der Waals surface area (Å²) in [5, 5.41) is 3.73. The highest BCUT2D eigenvalue weighted by Gasteiger charge is 2.16. The molecule has 2 N–H and O–H groups in total. The van der Waals surface area contributed by atoms with Crippen molar-refractivity contribution in [1.29, 1.82) is 0 Å². The van der Waals surface area contributed by atoms with Gasteiger partial charge in [0.1, 0.15) is 11.5 Å². The van der Waals surface area contributed by atoms with E-state index in [9.17, 15) is 0 Å². The third-order valence-corrected chi connectivity index (χ3v) is 2.61. The third kappa shape index (κ3) is 1.91. The van der Waals surface area contributed by atoms with Crippen molar-refractivity contribution in [1.82, 2.24) is 5.16 Å². The maximum atomic E-state index is 5.66. The minimum Gasteiger partial charge on any atom is -0.497 e. The molecule has 0 aliphatic heterocycles. The first-order chi connectivity index (χ1) is 8.17. The van der Waals surface area contributed by atoms with Crippen LogP contribution in [0.15, 0.2) is 22.7 Å². The number of nitrogens with two attached hydrogens (primary N) is 1. The van der Waals surface area contributed by atoms with Crippen molar-refractivity contribution in [3.63, 3.8) is 0 Å². The van der Waals surface area contributed by atoms with Crippen LogP contribution in [0.4, 0.5) is 5.82 Å². The van der Waals surface area contributed by atoms with Crippen LogP contribution in [0.5, 0.6) is 11.5 Å². The van der Waals surface area contributed by atoms with E-state index in [1.807, 2.05) is 19.1 Å². The fraction of sp³-hybridized carbons (Fsp3) is 0.250. The van der Waals surface area contributed by atoms with Crippen molar-refractivity contribution in [2.75, 3.05) is 20.0 Å². The molecule has 0 unspecified atom stereocenters. The summed E-state index contributed by atoms with van der Waals surface area (Å²) in [6.45, 7) is 1.85. The molecule has 0 atom stereocenters. The molecule has 1 aromatic heterocycles. The van der Waals surface area contributed by atoms with Crippen LogP contribution < -0.4 is 15.2 Å².